The van der Waals surface area contributed by atoms with Gasteiger partial charge >= 0.3 is 0 Å². The zero-order valence-corrected chi connectivity index (χ0v) is 14.6. The Balaban J connectivity index is 1.95. The van der Waals surface area contributed by atoms with Crippen molar-refractivity contribution in [2.75, 3.05) is 0 Å². The summed E-state index contributed by atoms with van der Waals surface area (Å²) in [5.74, 6) is 1.59. The number of rotatable bonds is 3. The van der Waals surface area contributed by atoms with Crippen LogP contribution in [0.1, 0.15) is 63.1 Å². The highest BCUT2D eigenvalue weighted by Gasteiger charge is 2.31. The zero-order valence-electron chi connectivity index (χ0n) is 14.6. The number of aryl methyl sites for hydroxylation is 2. The van der Waals surface area contributed by atoms with Gasteiger partial charge in [0.05, 0.1) is 0 Å². The lowest BCUT2D eigenvalue weighted by molar-refractivity contribution is 0.139. The average molecular weight is 287 g/mol. The van der Waals surface area contributed by atoms with Crippen molar-refractivity contribution in [3.05, 3.63) is 34.9 Å². The van der Waals surface area contributed by atoms with Gasteiger partial charge in [0.1, 0.15) is 0 Å². The van der Waals surface area contributed by atoms with E-state index in [1.165, 1.54) is 42.4 Å². The third-order valence-corrected chi connectivity index (χ3v) is 5.69. The van der Waals surface area contributed by atoms with Crippen LogP contribution in [0.5, 0.6) is 0 Å². The standard InChI is InChI=1S/C20H33N/c1-14-7-6-8-15(2)18(14)13-19(21)16-9-11-17(12-10-16)20(3,4)5/h6-8,16-17,19H,9-13,21H2,1-5H3. The first-order valence-corrected chi connectivity index (χ1v) is 8.59. The van der Waals surface area contributed by atoms with Crippen LogP contribution in [0.2, 0.25) is 0 Å². The molecule has 1 saturated carbocycles. The Kier molecular flexibility index (Phi) is 5.14. The van der Waals surface area contributed by atoms with Crippen LogP contribution < -0.4 is 5.73 Å². The molecule has 1 aromatic carbocycles. The zero-order chi connectivity index (χ0) is 15.6. The highest BCUT2D eigenvalue weighted by atomic mass is 14.7. The van der Waals surface area contributed by atoms with Crippen LogP contribution in [0.15, 0.2) is 18.2 Å². The first kappa shape index (κ1) is 16.5. The largest absolute Gasteiger partial charge is 0.327 e. The van der Waals surface area contributed by atoms with Crippen LogP contribution >= 0.6 is 0 Å². The predicted octanol–water partition coefficient (Wildman–Crippen LogP) is 5.03. The highest BCUT2D eigenvalue weighted by Crippen LogP contribution is 2.40. The lowest BCUT2D eigenvalue weighted by Gasteiger charge is -2.39. The van der Waals surface area contributed by atoms with Gasteiger partial charge in [-0.25, -0.2) is 0 Å². The Morgan fingerprint density at radius 2 is 1.57 bits per heavy atom. The molecule has 0 heterocycles. The molecule has 0 saturated heterocycles. The molecule has 1 fully saturated rings. The molecule has 1 aliphatic rings. The number of nitrogens with two attached hydrogens (primary N) is 1. The van der Waals surface area contributed by atoms with E-state index >= 15 is 0 Å². The molecule has 1 aromatic rings. The molecule has 1 unspecified atom stereocenters. The minimum absolute atomic E-state index is 0.325. The fourth-order valence-corrected chi connectivity index (χ4v) is 3.99. The molecule has 1 nitrogen and oxygen atoms in total. The van der Waals surface area contributed by atoms with Crippen LogP contribution in [0, 0.1) is 31.1 Å². The second kappa shape index (κ2) is 6.52. The summed E-state index contributed by atoms with van der Waals surface area (Å²) in [4.78, 5) is 0. The van der Waals surface area contributed by atoms with Crippen LogP contribution in [0.3, 0.4) is 0 Å². The molecule has 2 N–H and O–H groups in total. The van der Waals surface area contributed by atoms with E-state index < -0.39 is 0 Å². The molecule has 0 bridgehead atoms. The van der Waals surface area contributed by atoms with E-state index in [2.05, 4.69) is 52.8 Å². The van der Waals surface area contributed by atoms with Crippen molar-refractivity contribution < 1.29 is 0 Å². The third-order valence-electron chi connectivity index (χ3n) is 5.69. The summed E-state index contributed by atoms with van der Waals surface area (Å²) in [7, 11) is 0. The van der Waals surface area contributed by atoms with Crippen LogP contribution in [-0.4, -0.2) is 6.04 Å². The molecular weight excluding hydrogens is 254 g/mol. The molecular formula is C20H33N. The third kappa shape index (κ3) is 4.10. The van der Waals surface area contributed by atoms with Gasteiger partial charge in [-0.2, -0.15) is 0 Å². The molecule has 118 valence electrons. The van der Waals surface area contributed by atoms with Crippen LogP contribution in [0.4, 0.5) is 0 Å². The summed E-state index contributed by atoms with van der Waals surface area (Å²) < 4.78 is 0. The van der Waals surface area contributed by atoms with Crippen molar-refractivity contribution >= 4 is 0 Å². The summed E-state index contributed by atoms with van der Waals surface area (Å²) >= 11 is 0. The van der Waals surface area contributed by atoms with Crippen molar-refractivity contribution in [3.8, 4) is 0 Å². The normalized spacial score (nSPS) is 24.9. The summed E-state index contributed by atoms with van der Waals surface area (Å²) in [6.07, 6.45) is 6.38. The number of hydrogen-bond acceptors (Lipinski definition) is 1. The summed E-state index contributed by atoms with van der Waals surface area (Å²) in [6.45, 7) is 11.6. The lowest BCUT2D eigenvalue weighted by atomic mass is 9.68. The van der Waals surface area contributed by atoms with Crippen molar-refractivity contribution in [1.82, 2.24) is 0 Å². The van der Waals surface area contributed by atoms with E-state index in [0.717, 1.165) is 12.3 Å². The Labute approximate surface area is 131 Å². The van der Waals surface area contributed by atoms with Gasteiger partial charge in [0.25, 0.3) is 0 Å². The molecule has 1 atom stereocenters. The van der Waals surface area contributed by atoms with E-state index in [-0.39, 0.29) is 0 Å². The molecule has 21 heavy (non-hydrogen) atoms. The maximum atomic E-state index is 6.57. The quantitative estimate of drug-likeness (QED) is 0.829. The van der Waals surface area contributed by atoms with Gasteiger partial charge in [-0.1, -0.05) is 39.0 Å². The SMILES string of the molecule is Cc1cccc(C)c1CC(N)C1CCC(C(C)(C)C)CC1. The van der Waals surface area contributed by atoms with Crippen LogP contribution in [0.25, 0.3) is 0 Å². The molecule has 0 spiro atoms. The number of hydrogen-bond donors (Lipinski definition) is 1. The van der Waals surface area contributed by atoms with E-state index in [0.29, 0.717) is 17.4 Å². The highest BCUT2D eigenvalue weighted by molar-refractivity contribution is 5.34. The smallest absolute Gasteiger partial charge is 0.0108 e. The Morgan fingerprint density at radius 1 is 1.05 bits per heavy atom. The Bertz CT molecular complexity index is 441. The monoisotopic (exact) mass is 287 g/mol. The molecule has 0 radical (unpaired) electrons. The Hall–Kier alpha value is -0.820. The average Bonchev–Trinajstić information content (AvgIpc) is 2.42. The Morgan fingerprint density at radius 3 is 2.05 bits per heavy atom. The van der Waals surface area contributed by atoms with Crippen molar-refractivity contribution in [2.24, 2.45) is 23.0 Å². The second-order valence-corrected chi connectivity index (χ2v) is 8.22. The van der Waals surface area contributed by atoms with Gasteiger partial charge in [-0.05, 0) is 79.9 Å². The molecule has 0 aliphatic heterocycles. The van der Waals surface area contributed by atoms with Crippen molar-refractivity contribution in [3.63, 3.8) is 0 Å². The first-order valence-electron chi connectivity index (χ1n) is 8.59. The summed E-state index contributed by atoms with van der Waals surface area (Å²) in [5, 5.41) is 0. The van der Waals surface area contributed by atoms with E-state index in [1.54, 1.807) is 0 Å². The minimum atomic E-state index is 0.325. The van der Waals surface area contributed by atoms with E-state index in [4.69, 9.17) is 5.73 Å². The van der Waals surface area contributed by atoms with Gasteiger partial charge in [0.15, 0.2) is 0 Å². The molecule has 0 amide bonds. The van der Waals surface area contributed by atoms with Gasteiger partial charge in [-0.3, -0.25) is 0 Å². The van der Waals surface area contributed by atoms with Crippen LogP contribution in [-0.2, 0) is 6.42 Å². The topological polar surface area (TPSA) is 26.0 Å². The number of benzene rings is 1. The van der Waals surface area contributed by atoms with Crippen molar-refractivity contribution in [2.45, 2.75) is 72.8 Å². The predicted molar refractivity (Wildman–Crippen MR) is 92.5 cm³/mol. The fraction of sp³-hybridized carbons (Fsp3) is 0.700. The van der Waals surface area contributed by atoms with E-state index in [9.17, 15) is 0 Å². The summed E-state index contributed by atoms with van der Waals surface area (Å²) in [6, 6.07) is 6.90. The second-order valence-electron chi connectivity index (χ2n) is 8.22. The van der Waals surface area contributed by atoms with Crippen molar-refractivity contribution in [1.29, 1.82) is 0 Å². The lowest BCUT2D eigenvalue weighted by Crippen LogP contribution is -2.37. The molecule has 1 aliphatic carbocycles. The van der Waals surface area contributed by atoms with Gasteiger partial charge in [0.2, 0.25) is 0 Å². The maximum absolute atomic E-state index is 6.57. The molecule has 0 aromatic heterocycles. The minimum Gasteiger partial charge on any atom is -0.327 e. The molecule has 2 rings (SSSR count). The van der Waals surface area contributed by atoms with Gasteiger partial charge < -0.3 is 5.73 Å². The fourth-order valence-electron chi connectivity index (χ4n) is 3.99. The first-order chi connectivity index (χ1) is 9.79. The van der Waals surface area contributed by atoms with Gasteiger partial charge in [0, 0.05) is 6.04 Å². The van der Waals surface area contributed by atoms with Gasteiger partial charge in [-0.15, -0.1) is 0 Å². The summed E-state index contributed by atoms with van der Waals surface area (Å²) in [5.41, 5.74) is 11.3. The van der Waals surface area contributed by atoms with E-state index in [1.807, 2.05) is 0 Å². The maximum Gasteiger partial charge on any atom is 0.0108 e. The molecule has 1 heteroatoms.